The van der Waals surface area contributed by atoms with Crippen molar-refractivity contribution in [3.05, 3.63) is 32.4 Å². The number of rotatable bonds is 1. The van der Waals surface area contributed by atoms with Gasteiger partial charge in [0.1, 0.15) is 6.07 Å². The molecular weight excluding hydrogens is 263 g/mol. The largest absolute Gasteiger partial charge is 0.326 e. The summed E-state index contributed by atoms with van der Waals surface area (Å²) < 4.78 is 0.973. The predicted octanol–water partition coefficient (Wildman–Crippen LogP) is 1.93. The Hall–Kier alpha value is -0.600. The van der Waals surface area contributed by atoms with E-state index < -0.39 is 0 Å². The molecular formula is C9H9IN2. The minimum absolute atomic E-state index is 0.535. The van der Waals surface area contributed by atoms with Gasteiger partial charge in [-0.15, -0.1) is 0 Å². The van der Waals surface area contributed by atoms with Crippen molar-refractivity contribution in [2.75, 3.05) is 0 Å². The van der Waals surface area contributed by atoms with Gasteiger partial charge in [-0.05, 0) is 52.8 Å². The fourth-order valence-corrected chi connectivity index (χ4v) is 1.68. The molecule has 0 fully saturated rings. The quantitative estimate of drug-likeness (QED) is 0.794. The highest BCUT2D eigenvalue weighted by Crippen LogP contribution is 2.17. The van der Waals surface area contributed by atoms with Crippen molar-refractivity contribution in [3.63, 3.8) is 0 Å². The van der Waals surface area contributed by atoms with Crippen molar-refractivity contribution in [1.82, 2.24) is 0 Å². The number of nitriles is 1. The third kappa shape index (κ3) is 1.76. The molecule has 0 atom stereocenters. The second-order valence-corrected chi connectivity index (χ2v) is 3.74. The van der Waals surface area contributed by atoms with E-state index in [1.165, 1.54) is 0 Å². The van der Waals surface area contributed by atoms with Crippen LogP contribution in [0.15, 0.2) is 12.1 Å². The van der Waals surface area contributed by atoms with Gasteiger partial charge in [-0.3, -0.25) is 0 Å². The van der Waals surface area contributed by atoms with Crippen molar-refractivity contribution in [1.29, 1.82) is 5.26 Å². The number of nitrogens with two attached hydrogens (primary N) is 1. The molecule has 1 rings (SSSR count). The maximum Gasteiger partial charge on any atom is 0.100 e. The summed E-state index contributed by atoms with van der Waals surface area (Å²) in [6.07, 6.45) is 0. The Balaban J connectivity index is 3.28. The van der Waals surface area contributed by atoms with Gasteiger partial charge < -0.3 is 5.73 Å². The van der Waals surface area contributed by atoms with E-state index in [2.05, 4.69) is 28.7 Å². The average molecular weight is 272 g/mol. The first-order valence-electron chi connectivity index (χ1n) is 3.58. The number of benzene rings is 1. The van der Waals surface area contributed by atoms with E-state index in [0.29, 0.717) is 6.54 Å². The van der Waals surface area contributed by atoms with E-state index in [9.17, 15) is 0 Å². The molecule has 0 radical (unpaired) electrons. The number of nitrogens with zero attached hydrogens (tertiary/aromatic N) is 1. The maximum absolute atomic E-state index is 8.72. The topological polar surface area (TPSA) is 49.8 Å². The van der Waals surface area contributed by atoms with Crippen molar-refractivity contribution >= 4 is 22.6 Å². The highest BCUT2D eigenvalue weighted by molar-refractivity contribution is 14.1. The summed E-state index contributed by atoms with van der Waals surface area (Å²) in [5.74, 6) is 0. The minimum Gasteiger partial charge on any atom is -0.326 e. The third-order valence-electron chi connectivity index (χ3n) is 1.77. The van der Waals surface area contributed by atoms with Crippen molar-refractivity contribution < 1.29 is 0 Å². The molecule has 0 aromatic heterocycles. The van der Waals surface area contributed by atoms with Gasteiger partial charge >= 0.3 is 0 Å². The molecule has 1 aromatic rings. The molecule has 0 saturated heterocycles. The third-order valence-corrected chi connectivity index (χ3v) is 2.66. The molecule has 0 unspecified atom stereocenters. The summed E-state index contributed by atoms with van der Waals surface area (Å²) in [6.45, 7) is 2.51. The van der Waals surface area contributed by atoms with Gasteiger partial charge in [0.2, 0.25) is 0 Å². The first kappa shape index (κ1) is 9.49. The first-order valence-corrected chi connectivity index (χ1v) is 4.66. The minimum atomic E-state index is 0.535. The van der Waals surface area contributed by atoms with E-state index >= 15 is 0 Å². The molecule has 0 aliphatic rings. The van der Waals surface area contributed by atoms with Crippen molar-refractivity contribution in [2.24, 2.45) is 5.73 Å². The Morgan fingerprint density at radius 1 is 1.58 bits per heavy atom. The summed E-state index contributed by atoms with van der Waals surface area (Å²) in [7, 11) is 0. The van der Waals surface area contributed by atoms with E-state index in [4.69, 9.17) is 11.0 Å². The fourth-order valence-electron chi connectivity index (χ4n) is 1.03. The van der Waals surface area contributed by atoms with Gasteiger partial charge in [-0.1, -0.05) is 0 Å². The van der Waals surface area contributed by atoms with Crippen LogP contribution in [-0.2, 0) is 6.54 Å². The Morgan fingerprint density at radius 3 is 2.75 bits per heavy atom. The zero-order valence-electron chi connectivity index (χ0n) is 6.76. The van der Waals surface area contributed by atoms with Gasteiger partial charge in [-0.2, -0.15) is 5.26 Å². The number of aryl methyl sites for hydroxylation is 1. The molecule has 0 amide bonds. The lowest BCUT2D eigenvalue weighted by molar-refractivity contribution is 1.04. The molecule has 62 valence electrons. The van der Waals surface area contributed by atoms with Crippen LogP contribution in [-0.4, -0.2) is 0 Å². The van der Waals surface area contributed by atoms with Crippen LogP contribution in [0.2, 0.25) is 0 Å². The van der Waals surface area contributed by atoms with Crippen LogP contribution < -0.4 is 5.73 Å². The van der Waals surface area contributed by atoms with Gasteiger partial charge in [0.05, 0.1) is 5.56 Å². The van der Waals surface area contributed by atoms with Crippen LogP contribution in [0.3, 0.4) is 0 Å². The molecule has 1 aromatic carbocycles. The van der Waals surface area contributed by atoms with Crippen LogP contribution in [0.1, 0.15) is 16.7 Å². The molecule has 12 heavy (non-hydrogen) atoms. The van der Waals surface area contributed by atoms with Gasteiger partial charge in [0.15, 0.2) is 0 Å². The first-order chi connectivity index (χ1) is 5.69. The molecule has 0 bridgehead atoms. The maximum atomic E-state index is 8.72. The van der Waals surface area contributed by atoms with Gasteiger partial charge in [-0.25, -0.2) is 0 Å². The van der Waals surface area contributed by atoms with Crippen LogP contribution in [0.25, 0.3) is 0 Å². The van der Waals surface area contributed by atoms with Crippen molar-refractivity contribution in [2.45, 2.75) is 13.5 Å². The summed E-state index contributed by atoms with van der Waals surface area (Å²) >= 11 is 2.15. The summed E-state index contributed by atoms with van der Waals surface area (Å²) in [5, 5.41) is 8.72. The van der Waals surface area contributed by atoms with E-state index in [1.54, 1.807) is 0 Å². The Kier molecular flexibility index (Phi) is 3.06. The molecule has 3 heteroatoms. The summed E-state index contributed by atoms with van der Waals surface area (Å²) in [5.41, 5.74) is 8.45. The molecule has 0 heterocycles. The zero-order valence-corrected chi connectivity index (χ0v) is 8.92. The molecule has 2 N–H and O–H groups in total. The monoisotopic (exact) mass is 272 g/mol. The normalized spacial score (nSPS) is 9.50. The van der Waals surface area contributed by atoms with Gasteiger partial charge in [0.25, 0.3) is 0 Å². The number of halogens is 1. The standard InChI is InChI=1S/C9H9IN2/c1-6-2-8(5-12)9(10)3-7(6)4-11/h2-3H,4,11H2,1H3. The van der Waals surface area contributed by atoms with Gasteiger partial charge in [0, 0.05) is 10.1 Å². The Bertz CT molecular complexity index is 338. The second kappa shape index (κ2) is 3.87. The summed E-state index contributed by atoms with van der Waals surface area (Å²) in [4.78, 5) is 0. The summed E-state index contributed by atoms with van der Waals surface area (Å²) in [6, 6.07) is 5.98. The Morgan fingerprint density at radius 2 is 2.25 bits per heavy atom. The highest BCUT2D eigenvalue weighted by Gasteiger charge is 2.02. The lowest BCUT2D eigenvalue weighted by Gasteiger charge is -2.04. The fraction of sp³-hybridized carbons (Fsp3) is 0.222. The van der Waals surface area contributed by atoms with E-state index in [0.717, 1.165) is 20.3 Å². The molecule has 0 saturated carbocycles. The van der Waals surface area contributed by atoms with Crippen LogP contribution in [0.5, 0.6) is 0 Å². The second-order valence-electron chi connectivity index (χ2n) is 2.57. The molecule has 0 aliphatic heterocycles. The average Bonchev–Trinajstić information content (AvgIpc) is 2.08. The van der Waals surface area contributed by atoms with E-state index in [-0.39, 0.29) is 0 Å². The molecule has 2 nitrogen and oxygen atoms in total. The zero-order chi connectivity index (χ0) is 9.14. The number of hydrogen-bond acceptors (Lipinski definition) is 2. The van der Waals surface area contributed by atoms with Crippen molar-refractivity contribution in [3.8, 4) is 6.07 Å². The predicted molar refractivity (Wildman–Crippen MR) is 56.5 cm³/mol. The lowest BCUT2D eigenvalue weighted by atomic mass is 10.1. The SMILES string of the molecule is Cc1cc(C#N)c(I)cc1CN. The Labute approximate surface area is 85.5 Å². The molecule has 0 spiro atoms. The molecule has 0 aliphatic carbocycles. The van der Waals surface area contributed by atoms with Crippen LogP contribution in [0, 0.1) is 21.8 Å². The highest BCUT2D eigenvalue weighted by atomic mass is 127. The van der Waals surface area contributed by atoms with Crippen LogP contribution in [0.4, 0.5) is 0 Å². The lowest BCUT2D eigenvalue weighted by Crippen LogP contribution is -2.00. The smallest absolute Gasteiger partial charge is 0.100 e. The number of hydrogen-bond donors (Lipinski definition) is 1. The van der Waals surface area contributed by atoms with Crippen LogP contribution >= 0.6 is 22.6 Å². The van der Waals surface area contributed by atoms with E-state index in [1.807, 2.05) is 19.1 Å².